The number of halogens is 1. The first-order chi connectivity index (χ1) is 15.2. The summed E-state index contributed by atoms with van der Waals surface area (Å²) in [6.45, 7) is 9.99. The largest absolute Gasteiger partial charge is 0.452 e. The third-order valence-electron chi connectivity index (χ3n) is 5.26. The lowest BCUT2D eigenvalue weighted by Gasteiger charge is -2.24. The molecule has 8 nitrogen and oxygen atoms in total. The fraction of sp³-hybridized carbons (Fsp3) is 0.391. The van der Waals surface area contributed by atoms with Crippen molar-refractivity contribution in [3.8, 4) is 11.5 Å². The third-order valence-corrected chi connectivity index (χ3v) is 5.59. The molecule has 2 aromatic heterocycles. The summed E-state index contributed by atoms with van der Waals surface area (Å²) in [4.78, 5) is 26.9. The third kappa shape index (κ3) is 5.02. The maximum atomic E-state index is 12.8. The van der Waals surface area contributed by atoms with Crippen LogP contribution in [0.25, 0.3) is 11.5 Å². The van der Waals surface area contributed by atoms with Crippen LogP contribution in [0.1, 0.15) is 48.4 Å². The van der Waals surface area contributed by atoms with Gasteiger partial charge in [-0.1, -0.05) is 23.7 Å². The molecule has 1 aromatic carbocycles. The minimum atomic E-state index is -0.520. The second-order valence-corrected chi connectivity index (χ2v) is 8.11. The van der Waals surface area contributed by atoms with Gasteiger partial charge in [0, 0.05) is 24.0 Å². The second kappa shape index (κ2) is 9.99. The Morgan fingerprint density at radius 2 is 1.94 bits per heavy atom. The molecule has 0 spiro atoms. The molecule has 32 heavy (non-hydrogen) atoms. The van der Waals surface area contributed by atoms with Crippen LogP contribution in [-0.4, -0.2) is 44.2 Å². The van der Waals surface area contributed by atoms with Crippen molar-refractivity contribution in [3.63, 3.8) is 0 Å². The Labute approximate surface area is 192 Å². The molecule has 170 valence electrons. The number of ether oxygens (including phenoxy) is 1. The van der Waals surface area contributed by atoms with Crippen molar-refractivity contribution in [2.24, 2.45) is 0 Å². The molecule has 0 atom stereocenters. The number of esters is 1. The van der Waals surface area contributed by atoms with Crippen LogP contribution in [0.15, 0.2) is 34.7 Å². The van der Waals surface area contributed by atoms with Crippen LogP contribution in [-0.2, 0) is 22.6 Å². The maximum absolute atomic E-state index is 12.8. The van der Waals surface area contributed by atoms with Crippen molar-refractivity contribution in [1.29, 1.82) is 0 Å². The molecule has 0 aliphatic rings. The Bertz CT molecular complexity index is 1120. The van der Waals surface area contributed by atoms with E-state index in [0.717, 1.165) is 17.9 Å². The molecule has 0 fully saturated rings. The number of aryl methyl sites for hydroxylation is 1. The maximum Gasteiger partial charge on any atom is 0.340 e. The molecule has 1 amide bonds. The predicted octanol–water partition coefficient (Wildman–Crippen LogP) is 4.42. The fourth-order valence-corrected chi connectivity index (χ4v) is 3.76. The zero-order chi connectivity index (χ0) is 23.4. The van der Waals surface area contributed by atoms with Crippen LogP contribution in [0.5, 0.6) is 0 Å². The highest BCUT2D eigenvalue weighted by Crippen LogP contribution is 2.26. The van der Waals surface area contributed by atoms with Gasteiger partial charge in [-0.25, -0.2) is 4.79 Å². The highest BCUT2D eigenvalue weighted by atomic mass is 35.5. The van der Waals surface area contributed by atoms with Gasteiger partial charge in [0.25, 0.3) is 5.91 Å². The number of hydrogen-bond donors (Lipinski definition) is 0. The molecule has 3 aromatic rings. The van der Waals surface area contributed by atoms with E-state index in [0.29, 0.717) is 16.1 Å². The molecule has 3 rings (SSSR count). The standard InChI is InChI=1S/C23H27ClN4O4/c1-6-27-15(4)11-18(16(27)5)23(30)31-13-21(29)28(14(2)3)12-20-25-26-22(32-20)17-9-7-8-10-19(17)24/h7-11,14H,6,12-13H2,1-5H3. The monoisotopic (exact) mass is 458 g/mol. The van der Waals surface area contributed by atoms with E-state index in [-0.39, 0.29) is 36.9 Å². The van der Waals surface area contributed by atoms with Crippen LogP contribution >= 0.6 is 11.6 Å². The van der Waals surface area contributed by atoms with Gasteiger partial charge >= 0.3 is 5.97 Å². The van der Waals surface area contributed by atoms with Gasteiger partial charge in [0.05, 0.1) is 22.7 Å². The van der Waals surface area contributed by atoms with Crippen LogP contribution < -0.4 is 0 Å². The van der Waals surface area contributed by atoms with E-state index in [1.807, 2.05) is 51.3 Å². The average Bonchev–Trinajstić information content (AvgIpc) is 3.33. The van der Waals surface area contributed by atoms with E-state index in [9.17, 15) is 9.59 Å². The van der Waals surface area contributed by atoms with Crippen molar-refractivity contribution in [2.75, 3.05) is 6.61 Å². The van der Waals surface area contributed by atoms with Gasteiger partial charge in [0.1, 0.15) is 0 Å². The highest BCUT2D eigenvalue weighted by molar-refractivity contribution is 6.33. The lowest BCUT2D eigenvalue weighted by molar-refractivity contribution is -0.137. The van der Waals surface area contributed by atoms with Gasteiger partial charge in [-0.15, -0.1) is 10.2 Å². The fourth-order valence-electron chi connectivity index (χ4n) is 3.55. The summed E-state index contributed by atoms with van der Waals surface area (Å²) >= 11 is 6.19. The number of amides is 1. The number of benzene rings is 1. The highest BCUT2D eigenvalue weighted by Gasteiger charge is 2.24. The number of rotatable bonds is 8. The average molecular weight is 459 g/mol. The SMILES string of the molecule is CCn1c(C)cc(C(=O)OCC(=O)N(Cc2nnc(-c3ccccc3Cl)o2)C(C)C)c1C. The molecule has 2 heterocycles. The predicted molar refractivity (Wildman–Crippen MR) is 120 cm³/mol. The van der Waals surface area contributed by atoms with Gasteiger partial charge in [-0.3, -0.25) is 4.79 Å². The van der Waals surface area contributed by atoms with Crippen LogP contribution in [0.4, 0.5) is 0 Å². The van der Waals surface area contributed by atoms with Gasteiger partial charge in [-0.05, 0) is 52.8 Å². The molecule has 0 saturated heterocycles. The van der Waals surface area contributed by atoms with Crippen molar-refractivity contribution in [2.45, 2.75) is 53.8 Å². The normalized spacial score (nSPS) is 11.1. The molecule has 0 unspecified atom stereocenters. The van der Waals surface area contributed by atoms with Gasteiger partial charge in [0.2, 0.25) is 11.8 Å². The minimum Gasteiger partial charge on any atom is -0.452 e. The van der Waals surface area contributed by atoms with E-state index in [1.165, 1.54) is 4.90 Å². The Morgan fingerprint density at radius 3 is 2.56 bits per heavy atom. The molecule has 0 bridgehead atoms. The number of aromatic nitrogens is 3. The quantitative estimate of drug-likeness (QED) is 0.464. The first-order valence-electron chi connectivity index (χ1n) is 10.4. The van der Waals surface area contributed by atoms with Crippen LogP contribution in [0, 0.1) is 13.8 Å². The summed E-state index contributed by atoms with van der Waals surface area (Å²) in [6.07, 6.45) is 0. The van der Waals surface area contributed by atoms with Crippen molar-refractivity contribution < 1.29 is 18.7 Å². The van der Waals surface area contributed by atoms with Crippen LogP contribution in [0.3, 0.4) is 0 Å². The second-order valence-electron chi connectivity index (χ2n) is 7.70. The molecule has 9 heteroatoms. The first-order valence-corrected chi connectivity index (χ1v) is 10.8. The Balaban J connectivity index is 1.67. The molecular formula is C23H27ClN4O4. The lowest BCUT2D eigenvalue weighted by Crippen LogP contribution is -2.39. The Morgan fingerprint density at radius 1 is 1.22 bits per heavy atom. The number of nitrogens with zero attached hydrogens (tertiary/aromatic N) is 4. The van der Waals surface area contributed by atoms with Gasteiger partial charge in [-0.2, -0.15) is 0 Å². The van der Waals surface area contributed by atoms with Gasteiger partial charge < -0.3 is 18.6 Å². The van der Waals surface area contributed by atoms with E-state index in [4.69, 9.17) is 20.8 Å². The summed E-state index contributed by atoms with van der Waals surface area (Å²) in [6, 6.07) is 8.75. The molecule has 0 N–H and O–H groups in total. The van der Waals surface area contributed by atoms with Crippen molar-refractivity contribution in [1.82, 2.24) is 19.7 Å². The molecular weight excluding hydrogens is 432 g/mol. The van der Waals surface area contributed by atoms with Crippen LogP contribution in [0.2, 0.25) is 5.02 Å². The summed E-state index contributed by atoms with van der Waals surface area (Å²) < 4.78 is 13.0. The molecule has 0 aliphatic heterocycles. The zero-order valence-electron chi connectivity index (χ0n) is 18.9. The molecule has 0 aliphatic carbocycles. The van der Waals surface area contributed by atoms with E-state index < -0.39 is 5.97 Å². The minimum absolute atomic E-state index is 0.0931. The zero-order valence-corrected chi connectivity index (χ0v) is 19.6. The summed E-state index contributed by atoms with van der Waals surface area (Å²) in [7, 11) is 0. The number of carbonyl (C=O) groups is 2. The number of carbonyl (C=O) groups excluding carboxylic acids is 2. The lowest BCUT2D eigenvalue weighted by atomic mass is 10.2. The van der Waals surface area contributed by atoms with E-state index in [2.05, 4.69) is 10.2 Å². The summed E-state index contributed by atoms with van der Waals surface area (Å²) in [5.74, 6) is -0.331. The van der Waals surface area contributed by atoms with Crippen molar-refractivity contribution >= 4 is 23.5 Å². The Kier molecular flexibility index (Phi) is 7.35. The molecule has 0 saturated carbocycles. The van der Waals surface area contributed by atoms with Gasteiger partial charge in [0.15, 0.2) is 6.61 Å². The summed E-state index contributed by atoms with van der Waals surface area (Å²) in [5, 5.41) is 8.56. The van der Waals surface area contributed by atoms with E-state index in [1.54, 1.807) is 18.2 Å². The first kappa shape index (κ1) is 23.5. The number of hydrogen-bond acceptors (Lipinski definition) is 6. The van der Waals surface area contributed by atoms with Crippen molar-refractivity contribution in [3.05, 3.63) is 58.2 Å². The summed E-state index contributed by atoms with van der Waals surface area (Å²) in [5.41, 5.74) is 2.88. The Hall–Kier alpha value is -3.13. The smallest absolute Gasteiger partial charge is 0.340 e. The molecule has 0 radical (unpaired) electrons. The topological polar surface area (TPSA) is 90.5 Å². The van der Waals surface area contributed by atoms with E-state index >= 15 is 0 Å².